The fraction of sp³-hybridized carbons (Fsp3) is 0.667. The number of fused-ring (bicyclic) bond motifs is 1. The maximum atomic E-state index is 12.9. The summed E-state index contributed by atoms with van der Waals surface area (Å²) >= 11 is 0. The van der Waals surface area contributed by atoms with Gasteiger partial charge in [-0.3, -0.25) is 9.05 Å². The number of pyridine rings is 1. The molecule has 1 fully saturated rings. The summed E-state index contributed by atoms with van der Waals surface area (Å²) in [5.41, 5.74) is 6.00. The van der Waals surface area contributed by atoms with Gasteiger partial charge in [0.2, 0.25) is 5.88 Å². The molecule has 1 aliphatic heterocycles. The maximum absolute atomic E-state index is 12.9. The van der Waals surface area contributed by atoms with Gasteiger partial charge in [-0.25, -0.2) is 19.0 Å². The zero-order valence-electron chi connectivity index (χ0n) is 31.8. The number of hydrogen-bond acceptors (Lipinski definition) is 12. The van der Waals surface area contributed by atoms with Crippen LogP contribution in [0.4, 0.5) is 5.82 Å². The monoisotopic (exact) mass is 767 g/mol. The van der Waals surface area contributed by atoms with E-state index < -0.39 is 25.6 Å². The number of anilines is 1. The molecule has 0 bridgehead atoms. The molecule has 0 saturated carbocycles. The molecule has 1 saturated heterocycles. The third-order valence-electron chi connectivity index (χ3n) is 9.71. The van der Waals surface area contributed by atoms with Crippen LogP contribution in [-0.4, -0.2) is 63.1 Å². The molecule has 15 heteroatoms. The summed E-state index contributed by atoms with van der Waals surface area (Å²) in [7, 11) is -4.56. The molecule has 0 spiro atoms. The number of rotatable bonds is 28. The van der Waals surface area contributed by atoms with Crippen LogP contribution in [0.3, 0.4) is 0 Å². The van der Waals surface area contributed by atoms with E-state index in [1.807, 2.05) is 6.07 Å². The predicted octanol–water partition coefficient (Wildman–Crippen LogP) is 8.34. The SMILES string of the molecule is CCCCCCCCCCCCCCCCCCOC[C@H](COP(=O)(O)OC[C@@H]1CC[C@](C#N)(c2ccc3c(N)ncnn23)O1)Oc1ccc(C#N)cn1. The zero-order valence-corrected chi connectivity index (χ0v) is 32.7. The Kier molecular flexibility index (Phi) is 18.6. The van der Waals surface area contributed by atoms with Crippen LogP contribution in [0.25, 0.3) is 5.52 Å². The first-order valence-electron chi connectivity index (χ1n) is 19.7. The molecule has 0 amide bonds. The number of nitrogens with zero attached hydrogens (tertiary/aromatic N) is 6. The molecule has 14 nitrogen and oxygen atoms in total. The lowest BCUT2D eigenvalue weighted by Crippen LogP contribution is -2.29. The lowest BCUT2D eigenvalue weighted by molar-refractivity contribution is -0.0361. The quantitative estimate of drug-likeness (QED) is 0.0528. The fourth-order valence-corrected chi connectivity index (χ4v) is 7.42. The maximum Gasteiger partial charge on any atom is 0.472 e. The van der Waals surface area contributed by atoms with Crippen molar-refractivity contribution in [3.8, 4) is 18.0 Å². The Bertz CT molecular complexity index is 1660. The van der Waals surface area contributed by atoms with Crippen LogP contribution in [0.2, 0.25) is 0 Å². The second-order valence-corrected chi connectivity index (χ2v) is 15.5. The minimum absolute atomic E-state index is 0.0934. The largest absolute Gasteiger partial charge is 0.472 e. The Morgan fingerprint density at radius 1 is 0.944 bits per heavy atom. The summed E-state index contributed by atoms with van der Waals surface area (Å²) in [5.74, 6) is 0.489. The van der Waals surface area contributed by atoms with Crippen molar-refractivity contribution in [2.75, 3.05) is 32.2 Å². The average molecular weight is 768 g/mol. The van der Waals surface area contributed by atoms with Crippen LogP contribution in [0, 0.1) is 22.7 Å². The number of nitrogens with two attached hydrogens (primary N) is 1. The second-order valence-electron chi connectivity index (χ2n) is 14.1. The minimum Gasteiger partial charge on any atom is -0.469 e. The van der Waals surface area contributed by atoms with Crippen molar-refractivity contribution in [2.45, 2.75) is 140 Å². The van der Waals surface area contributed by atoms with E-state index in [0.717, 1.165) is 19.3 Å². The van der Waals surface area contributed by atoms with Crippen LogP contribution >= 0.6 is 7.82 Å². The number of unbranched alkanes of at least 4 members (excludes halogenated alkanes) is 15. The first-order chi connectivity index (χ1) is 26.3. The number of phosphoric ester groups is 1. The number of nitriles is 2. The molecule has 4 rings (SSSR count). The smallest absolute Gasteiger partial charge is 0.469 e. The number of nitrogen functional groups attached to an aromatic ring is 1. The van der Waals surface area contributed by atoms with Crippen molar-refractivity contribution >= 4 is 19.2 Å². The lowest BCUT2D eigenvalue weighted by Gasteiger charge is -2.23. The van der Waals surface area contributed by atoms with Crippen LogP contribution in [0.1, 0.15) is 134 Å². The number of aromatic nitrogens is 4. The summed E-state index contributed by atoms with van der Waals surface area (Å²) in [5, 5.41) is 23.4. The first kappa shape index (κ1) is 43.1. The highest BCUT2D eigenvalue weighted by atomic mass is 31.2. The van der Waals surface area contributed by atoms with Crippen molar-refractivity contribution in [3.05, 3.63) is 48.0 Å². The molecule has 3 aromatic rings. The Morgan fingerprint density at radius 2 is 1.61 bits per heavy atom. The van der Waals surface area contributed by atoms with Gasteiger partial charge in [-0.15, -0.1) is 0 Å². The molecule has 0 aliphatic carbocycles. The molecule has 4 heterocycles. The van der Waals surface area contributed by atoms with E-state index in [-0.39, 0.29) is 31.5 Å². The van der Waals surface area contributed by atoms with Gasteiger partial charge in [0.1, 0.15) is 30.1 Å². The molecule has 0 radical (unpaired) electrons. The predicted molar refractivity (Wildman–Crippen MR) is 204 cm³/mol. The minimum atomic E-state index is -4.56. The van der Waals surface area contributed by atoms with E-state index >= 15 is 0 Å². The summed E-state index contributed by atoms with van der Waals surface area (Å²) in [6.07, 6.45) is 22.6. The number of ether oxygens (including phenoxy) is 3. The van der Waals surface area contributed by atoms with E-state index in [0.29, 0.717) is 36.2 Å². The Labute approximate surface area is 319 Å². The van der Waals surface area contributed by atoms with Crippen molar-refractivity contribution in [1.82, 2.24) is 19.6 Å². The molecule has 3 N–H and O–H groups in total. The third-order valence-corrected chi connectivity index (χ3v) is 10.7. The van der Waals surface area contributed by atoms with Gasteiger partial charge in [-0.1, -0.05) is 103 Å². The van der Waals surface area contributed by atoms with Crippen LogP contribution in [0.15, 0.2) is 36.8 Å². The first-order valence-corrected chi connectivity index (χ1v) is 21.2. The molecular weight excluding hydrogens is 709 g/mol. The van der Waals surface area contributed by atoms with Crippen molar-refractivity contribution in [2.24, 2.45) is 0 Å². The van der Waals surface area contributed by atoms with Gasteiger partial charge in [0.05, 0.1) is 37.2 Å². The van der Waals surface area contributed by atoms with E-state index in [2.05, 4.69) is 28.1 Å². The topological polar surface area (TPSA) is 200 Å². The van der Waals surface area contributed by atoms with Crippen LogP contribution in [-0.2, 0) is 28.7 Å². The molecular formula is C39H58N7O7P. The molecule has 54 heavy (non-hydrogen) atoms. The Hall–Kier alpha value is -3.62. The Balaban J connectivity index is 1.14. The molecule has 0 aromatic carbocycles. The van der Waals surface area contributed by atoms with Gasteiger partial charge in [0.15, 0.2) is 11.4 Å². The van der Waals surface area contributed by atoms with Gasteiger partial charge < -0.3 is 24.8 Å². The van der Waals surface area contributed by atoms with E-state index in [1.165, 1.54) is 101 Å². The highest BCUT2D eigenvalue weighted by Gasteiger charge is 2.45. The van der Waals surface area contributed by atoms with Gasteiger partial charge in [-0.2, -0.15) is 15.6 Å². The molecule has 1 aliphatic rings. The van der Waals surface area contributed by atoms with Crippen molar-refractivity contribution in [1.29, 1.82) is 10.5 Å². The molecule has 4 atom stereocenters. The van der Waals surface area contributed by atoms with E-state index in [4.69, 9.17) is 34.3 Å². The highest BCUT2D eigenvalue weighted by molar-refractivity contribution is 7.47. The number of hydrogen-bond donors (Lipinski definition) is 2. The zero-order chi connectivity index (χ0) is 38.5. The van der Waals surface area contributed by atoms with Gasteiger partial charge in [-0.05, 0) is 37.5 Å². The second kappa shape index (κ2) is 23.3. The fourth-order valence-electron chi connectivity index (χ4n) is 6.63. The summed E-state index contributed by atoms with van der Waals surface area (Å²) in [4.78, 5) is 18.7. The lowest BCUT2D eigenvalue weighted by atomic mass is 9.98. The van der Waals surface area contributed by atoms with E-state index in [9.17, 15) is 14.7 Å². The van der Waals surface area contributed by atoms with Gasteiger partial charge in [0, 0.05) is 18.9 Å². The molecule has 296 valence electrons. The standard InChI is InChI=1S/C39H58N7O7P/c1-2-3-4-5-6-7-8-9-10-11-12-13-14-15-16-17-24-49-27-34(52-37-21-18-32(25-40)26-43-37)29-51-54(47,48)50-28-33-22-23-39(30-41,53-33)36-20-19-35-38(42)44-31-45-46(35)36/h18-21,26,31,33-34H,2-17,22-24,27-29H2,1H3,(H,47,48)(H2,42,44,45)/t33-,34+,39-/m0/s1. The van der Waals surface area contributed by atoms with Crippen LogP contribution in [0.5, 0.6) is 5.88 Å². The number of phosphoric acid groups is 1. The highest BCUT2D eigenvalue weighted by Crippen LogP contribution is 2.46. The Morgan fingerprint density at radius 3 is 2.22 bits per heavy atom. The third kappa shape index (κ3) is 14.2. The normalized spacial score (nSPS) is 18.6. The summed E-state index contributed by atoms with van der Waals surface area (Å²) < 4.78 is 42.9. The average Bonchev–Trinajstić information content (AvgIpc) is 3.82. The van der Waals surface area contributed by atoms with Gasteiger partial charge >= 0.3 is 7.82 Å². The van der Waals surface area contributed by atoms with E-state index in [1.54, 1.807) is 24.3 Å². The van der Waals surface area contributed by atoms with Gasteiger partial charge in [0.25, 0.3) is 0 Å². The molecule has 3 aromatic heterocycles. The summed E-state index contributed by atoms with van der Waals surface area (Å²) in [6.45, 7) is 2.27. The van der Waals surface area contributed by atoms with Crippen molar-refractivity contribution in [3.63, 3.8) is 0 Å². The van der Waals surface area contributed by atoms with Crippen LogP contribution < -0.4 is 10.5 Å². The summed E-state index contributed by atoms with van der Waals surface area (Å²) in [6, 6.07) is 10.8. The van der Waals surface area contributed by atoms with Crippen molar-refractivity contribution < 1.29 is 32.7 Å². The molecule has 1 unspecified atom stereocenters.